The van der Waals surface area contributed by atoms with Gasteiger partial charge in [-0.15, -0.1) is 0 Å². The Morgan fingerprint density at radius 2 is 1.91 bits per heavy atom. The van der Waals surface area contributed by atoms with Crippen LogP contribution in [0.2, 0.25) is 0 Å². The summed E-state index contributed by atoms with van der Waals surface area (Å²) in [6.45, 7) is 9.24. The van der Waals surface area contributed by atoms with Crippen LogP contribution in [0.1, 0.15) is 46.5 Å². The number of piperidine rings is 1. The molecule has 1 saturated carbocycles. The number of carbonyl (C=O) groups is 1. The Morgan fingerprint density at radius 3 is 2.41 bits per heavy atom. The molecule has 1 heterocycles. The summed E-state index contributed by atoms with van der Waals surface area (Å²) < 4.78 is 0. The van der Waals surface area contributed by atoms with Gasteiger partial charge in [-0.3, -0.25) is 4.90 Å². The lowest BCUT2D eigenvalue weighted by atomic mass is 9.97. The van der Waals surface area contributed by atoms with Crippen LogP contribution < -0.4 is 10.6 Å². The van der Waals surface area contributed by atoms with Crippen LogP contribution in [0.4, 0.5) is 4.79 Å². The lowest BCUT2D eigenvalue weighted by Crippen LogP contribution is -2.56. The van der Waals surface area contributed by atoms with Crippen molar-refractivity contribution in [1.29, 1.82) is 0 Å². The molecule has 1 unspecified atom stereocenters. The molecule has 5 heteroatoms. The molecule has 2 aliphatic rings. The summed E-state index contributed by atoms with van der Waals surface area (Å²) >= 11 is 0. The average Bonchev–Trinajstić information content (AvgIpc) is 3.31. The van der Waals surface area contributed by atoms with Gasteiger partial charge in [-0.2, -0.15) is 0 Å². The molecule has 0 aromatic rings. The van der Waals surface area contributed by atoms with Gasteiger partial charge in [0.25, 0.3) is 0 Å². The predicted octanol–water partition coefficient (Wildman–Crippen LogP) is 1.88. The normalized spacial score (nSPS) is 22.7. The number of rotatable bonds is 6. The molecule has 0 radical (unpaired) electrons. The quantitative estimate of drug-likeness (QED) is 0.656. The highest BCUT2D eigenvalue weighted by molar-refractivity contribution is 5.75. The minimum Gasteiger partial charge on any atom is -0.394 e. The van der Waals surface area contributed by atoms with E-state index >= 15 is 0 Å². The minimum absolute atomic E-state index is 0.00619. The van der Waals surface area contributed by atoms with Crippen molar-refractivity contribution in [2.45, 2.75) is 58.0 Å². The summed E-state index contributed by atoms with van der Waals surface area (Å²) in [6, 6.07) is 0.108. The van der Waals surface area contributed by atoms with Crippen molar-refractivity contribution in [1.82, 2.24) is 15.5 Å². The van der Waals surface area contributed by atoms with Gasteiger partial charge >= 0.3 is 6.03 Å². The van der Waals surface area contributed by atoms with Gasteiger partial charge in [-0.1, -0.05) is 11.6 Å². The van der Waals surface area contributed by atoms with Crippen LogP contribution in [0, 0.1) is 5.92 Å². The number of nitrogens with one attached hydrogen (secondary N) is 2. The molecule has 2 fully saturated rings. The van der Waals surface area contributed by atoms with Crippen molar-refractivity contribution < 1.29 is 9.90 Å². The number of hydrogen-bond donors (Lipinski definition) is 3. The Kier molecular flexibility index (Phi) is 5.87. The molecule has 2 rings (SSSR count). The first-order valence-electron chi connectivity index (χ1n) is 8.48. The Bertz CT molecular complexity index is 408. The lowest BCUT2D eigenvalue weighted by molar-refractivity contribution is 0.150. The number of urea groups is 1. The second kappa shape index (κ2) is 7.47. The zero-order valence-corrected chi connectivity index (χ0v) is 14.2. The Morgan fingerprint density at radius 1 is 1.27 bits per heavy atom. The molecule has 2 amide bonds. The molecule has 3 N–H and O–H groups in total. The van der Waals surface area contributed by atoms with E-state index in [0.29, 0.717) is 5.92 Å². The number of likely N-dealkylation sites (tertiary alicyclic amines) is 1. The summed E-state index contributed by atoms with van der Waals surface area (Å²) in [4.78, 5) is 14.6. The third-order valence-corrected chi connectivity index (χ3v) is 4.89. The molecule has 0 bridgehead atoms. The van der Waals surface area contributed by atoms with E-state index in [1.165, 1.54) is 5.57 Å². The van der Waals surface area contributed by atoms with Crippen molar-refractivity contribution in [3.8, 4) is 0 Å². The maximum absolute atomic E-state index is 12.2. The zero-order valence-electron chi connectivity index (χ0n) is 14.2. The Hall–Kier alpha value is -1.07. The van der Waals surface area contributed by atoms with Gasteiger partial charge in [-0.05, 0) is 52.4 Å². The van der Waals surface area contributed by atoms with E-state index in [9.17, 15) is 9.90 Å². The number of carbonyl (C=O) groups excluding carboxylic acids is 1. The van der Waals surface area contributed by atoms with Crippen molar-refractivity contribution in [2.24, 2.45) is 5.92 Å². The third-order valence-electron chi connectivity index (χ3n) is 4.89. The Labute approximate surface area is 134 Å². The second-order valence-corrected chi connectivity index (χ2v) is 7.30. The highest BCUT2D eigenvalue weighted by Gasteiger charge is 2.42. The van der Waals surface area contributed by atoms with Crippen molar-refractivity contribution in [3.63, 3.8) is 0 Å². The topological polar surface area (TPSA) is 64.6 Å². The maximum atomic E-state index is 12.2. The fraction of sp³-hybridized carbons (Fsp3) is 0.824. The average molecular weight is 309 g/mol. The predicted molar refractivity (Wildman–Crippen MR) is 88.8 cm³/mol. The van der Waals surface area contributed by atoms with Gasteiger partial charge in [0.1, 0.15) is 0 Å². The fourth-order valence-electron chi connectivity index (χ4n) is 3.04. The van der Waals surface area contributed by atoms with E-state index in [1.54, 1.807) is 0 Å². The molecule has 22 heavy (non-hydrogen) atoms. The molecule has 5 nitrogen and oxygen atoms in total. The number of amides is 2. The summed E-state index contributed by atoms with van der Waals surface area (Å²) in [6.07, 6.45) is 6.43. The monoisotopic (exact) mass is 309 g/mol. The third kappa shape index (κ3) is 4.99. The molecule has 0 aromatic heterocycles. The van der Waals surface area contributed by atoms with Gasteiger partial charge in [-0.25, -0.2) is 4.79 Å². The van der Waals surface area contributed by atoms with Gasteiger partial charge in [0.15, 0.2) is 0 Å². The number of nitrogens with zero attached hydrogens (tertiary/aromatic N) is 1. The van der Waals surface area contributed by atoms with Gasteiger partial charge < -0.3 is 15.7 Å². The molecular formula is C17H31N3O2. The van der Waals surface area contributed by atoms with E-state index < -0.39 is 5.54 Å². The first-order valence-corrected chi connectivity index (χ1v) is 8.48. The minimum atomic E-state index is -0.464. The number of allylic oxidation sites excluding steroid dienone is 1. The molecule has 1 atom stereocenters. The number of aliphatic hydroxyl groups excluding tert-OH is 1. The van der Waals surface area contributed by atoms with Crippen LogP contribution in [0.3, 0.4) is 0 Å². The Balaban J connectivity index is 1.71. The molecule has 126 valence electrons. The first kappa shape index (κ1) is 17.3. The van der Waals surface area contributed by atoms with Crippen molar-refractivity contribution in [2.75, 3.05) is 26.2 Å². The van der Waals surface area contributed by atoms with Gasteiger partial charge in [0.2, 0.25) is 0 Å². The van der Waals surface area contributed by atoms with Crippen LogP contribution in [0.25, 0.3) is 0 Å². The summed E-state index contributed by atoms with van der Waals surface area (Å²) in [5.41, 5.74) is 0.886. The maximum Gasteiger partial charge on any atom is 0.315 e. The standard InChI is InChI=1S/C17H31N3O2/c1-13(2)6-9-20-10-7-15(8-11-20)18-16(22)19-17(3,12-21)14-4-5-14/h6,14-15,21H,4-5,7-12H2,1-3H3,(H2,18,19,22). The summed E-state index contributed by atoms with van der Waals surface area (Å²) in [5.74, 6) is 0.425. The molecular weight excluding hydrogens is 278 g/mol. The molecule has 0 aromatic carbocycles. The van der Waals surface area contributed by atoms with Crippen LogP contribution in [0.5, 0.6) is 0 Å². The van der Waals surface area contributed by atoms with E-state index in [4.69, 9.17) is 0 Å². The number of hydrogen-bond acceptors (Lipinski definition) is 3. The van der Waals surface area contributed by atoms with Crippen LogP contribution in [-0.4, -0.2) is 53.9 Å². The fourth-order valence-corrected chi connectivity index (χ4v) is 3.04. The van der Waals surface area contributed by atoms with E-state index in [-0.39, 0.29) is 18.7 Å². The largest absolute Gasteiger partial charge is 0.394 e. The molecule has 1 aliphatic carbocycles. The van der Waals surface area contributed by atoms with E-state index in [1.807, 2.05) is 6.92 Å². The van der Waals surface area contributed by atoms with Gasteiger partial charge in [0.05, 0.1) is 12.1 Å². The smallest absolute Gasteiger partial charge is 0.315 e. The SMILES string of the molecule is CC(C)=CCN1CCC(NC(=O)NC(C)(CO)C2CC2)CC1. The zero-order chi connectivity index (χ0) is 16.2. The van der Waals surface area contributed by atoms with Crippen LogP contribution in [-0.2, 0) is 0 Å². The summed E-state index contributed by atoms with van der Waals surface area (Å²) in [7, 11) is 0. The number of aliphatic hydroxyl groups is 1. The highest BCUT2D eigenvalue weighted by atomic mass is 16.3. The van der Waals surface area contributed by atoms with Crippen LogP contribution >= 0.6 is 0 Å². The highest BCUT2D eigenvalue weighted by Crippen LogP contribution is 2.39. The van der Waals surface area contributed by atoms with Crippen LogP contribution in [0.15, 0.2) is 11.6 Å². The summed E-state index contributed by atoms with van der Waals surface area (Å²) in [5, 5.41) is 15.6. The van der Waals surface area contributed by atoms with Gasteiger partial charge in [0, 0.05) is 25.7 Å². The van der Waals surface area contributed by atoms with Crippen molar-refractivity contribution >= 4 is 6.03 Å². The van der Waals surface area contributed by atoms with E-state index in [0.717, 1.165) is 45.3 Å². The lowest BCUT2D eigenvalue weighted by Gasteiger charge is -2.34. The van der Waals surface area contributed by atoms with Crippen molar-refractivity contribution in [3.05, 3.63) is 11.6 Å². The second-order valence-electron chi connectivity index (χ2n) is 7.30. The molecule has 1 saturated heterocycles. The van der Waals surface area contributed by atoms with E-state index in [2.05, 4.69) is 35.5 Å². The first-order chi connectivity index (χ1) is 10.4. The molecule has 0 spiro atoms. The molecule has 1 aliphatic heterocycles.